The maximum absolute atomic E-state index is 12.6. The Kier molecular flexibility index (Phi) is 5.54. The van der Waals surface area contributed by atoms with Crippen LogP contribution in [0.2, 0.25) is 10.0 Å². The lowest BCUT2D eigenvalue weighted by molar-refractivity contribution is -0.123. The van der Waals surface area contributed by atoms with E-state index in [1.165, 1.54) is 18.2 Å². The molecule has 3 aromatic rings. The number of benzene rings is 2. The zero-order valence-electron chi connectivity index (χ0n) is 15.8. The summed E-state index contributed by atoms with van der Waals surface area (Å²) in [6.45, 7) is 0.108. The van der Waals surface area contributed by atoms with Gasteiger partial charge in [0.05, 0.1) is 17.1 Å². The Morgan fingerprint density at radius 2 is 1.81 bits per heavy atom. The predicted molar refractivity (Wildman–Crippen MR) is 115 cm³/mol. The van der Waals surface area contributed by atoms with Crippen molar-refractivity contribution in [1.29, 1.82) is 0 Å². The number of nitrogens with zero attached hydrogens (tertiary/aromatic N) is 1. The molecule has 0 aliphatic carbocycles. The van der Waals surface area contributed by atoms with E-state index in [0.29, 0.717) is 22.1 Å². The Balaban J connectivity index is 1.53. The van der Waals surface area contributed by atoms with E-state index in [0.717, 1.165) is 10.5 Å². The largest absolute Gasteiger partial charge is 0.478 e. The molecule has 0 saturated carbocycles. The Labute approximate surface area is 186 Å². The number of imide groups is 1. The number of halogens is 2. The van der Waals surface area contributed by atoms with Crippen LogP contribution < -0.4 is 5.32 Å². The van der Waals surface area contributed by atoms with Gasteiger partial charge in [0.1, 0.15) is 17.2 Å². The van der Waals surface area contributed by atoms with Crippen LogP contribution in [0.1, 0.15) is 21.7 Å². The average Bonchev–Trinajstić information content (AvgIpc) is 3.29. The van der Waals surface area contributed by atoms with Gasteiger partial charge in [-0.1, -0.05) is 41.4 Å². The van der Waals surface area contributed by atoms with Crippen LogP contribution in [0.15, 0.2) is 64.7 Å². The fraction of sp³-hybridized carbons (Fsp3) is 0.0455. The first kappa shape index (κ1) is 20.7. The van der Waals surface area contributed by atoms with E-state index in [2.05, 4.69) is 5.32 Å². The van der Waals surface area contributed by atoms with Crippen molar-refractivity contribution in [3.63, 3.8) is 0 Å². The first-order valence-corrected chi connectivity index (χ1v) is 9.79. The van der Waals surface area contributed by atoms with Gasteiger partial charge in [0.25, 0.3) is 5.91 Å². The molecule has 1 aliphatic heterocycles. The molecule has 1 aliphatic rings. The monoisotopic (exact) mass is 456 g/mol. The summed E-state index contributed by atoms with van der Waals surface area (Å²) >= 11 is 11.9. The molecule has 0 unspecified atom stereocenters. The number of hydrogen-bond acceptors (Lipinski definition) is 4. The number of hydrogen-bond donors (Lipinski definition) is 2. The van der Waals surface area contributed by atoms with Crippen LogP contribution in [-0.4, -0.2) is 27.9 Å². The molecule has 0 radical (unpaired) electrons. The van der Waals surface area contributed by atoms with Crippen molar-refractivity contribution >= 4 is 47.2 Å². The molecule has 31 heavy (non-hydrogen) atoms. The fourth-order valence-corrected chi connectivity index (χ4v) is 3.44. The Hall–Kier alpha value is -3.55. The molecule has 3 amide bonds. The summed E-state index contributed by atoms with van der Waals surface area (Å²) in [5, 5.41) is 12.3. The number of aromatic carboxylic acids is 1. The van der Waals surface area contributed by atoms with Crippen molar-refractivity contribution in [2.75, 3.05) is 0 Å². The first-order chi connectivity index (χ1) is 14.8. The summed E-state index contributed by atoms with van der Waals surface area (Å²) in [5.74, 6) is -0.835. The number of urea groups is 1. The van der Waals surface area contributed by atoms with Gasteiger partial charge < -0.3 is 14.8 Å². The number of rotatable bonds is 5. The van der Waals surface area contributed by atoms with E-state index in [1.807, 2.05) is 0 Å². The second-order valence-electron chi connectivity index (χ2n) is 6.71. The van der Waals surface area contributed by atoms with Crippen LogP contribution in [0.5, 0.6) is 0 Å². The van der Waals surface area contributed by atoms with E-state index in [9.17, 15) is 14.4 Å². The quantitative estimate of drug-likeness (QED) is 0.413. The number of carbonyl (C=O) groups is 3. The second-order valence-corrected chi connectivity index (χ2v) is 7.55. The molecule has 1 aromatic heterocycles. The van der Waals surface area contributed by atoms with Crippen molar-refractivity contribution < 1.29 is 23.9 Å². The summed E-state index contributed by atoms with van der Waals surface area (Å²) in [6, 6.07) is 14.0. The summed E-state index contributed by atoms with van der Waals surface area (Å²) < 4.78 is 5.72. The van der Waals surface area contributed by atoms with Gasteiger partial charge in [0.15, 0.2) is 0 Å². The Morgan fingerprint density at radius 1 is 1.06 bits per heavy atom. The summed E-state index contributed by atoms with van der Waals surface area (Å²) in [6.07, 6.45) is 1.43. The molecule has 2 heterocycles. The Bertz CT molecular complexity index is 1230. The minimum Gasteiger partial charge on any atom is -0.478 e. The summed E-state index contributed by atoms with van der Waals surface area (Å²) in [5.41, 5.74) is 1.40. The minimum absolute atomic E-state index is 0.0145. The van der Waals surface area contributed by atoms with Crippen LogP contribution in [0, 0.1) is 0 Å². The van der Waals surface area contributed by atoms with Crippen LogP contribution in [0.4, 0.5) is 4.79 Å². The number of amides is 3. The molecule has 7 nitrogen and oxygen atoms in total. The Morgan fingerprint density at radius 3 is 2.48 bits per heavy atom. The molecule has 0 bridgehead atoms. The average molecular weight is 457 g/mol. The number of carbonyl (C=O) groups excluding carboxylic acids is 2. The molecule has 4 rings (SSSR count). The first-order valence-electron chi connectivity index (χ1n) is 9.04. The van der Waals surface area contributed by atoms with Gasteiger partial charge in [-0.05, 0) is 42.0 Å². The highest BCUT2D eigenvalue weighted by Gasteiger charge is 2.33. The molecule has 2 aromatic carbocycles. The lowest BCUT2D eigenvalue weighted by Gasteiger charge is -2.11. The van der Waals surface area contributed by atoms with Crippen LogP contribution in [0.3, 0.4) is 0 Å². The highest BCUT2D eigenvalue weighted by Crippen LogP contribution is 2.28. The lowest BCUT2D eigenvalue weighted by atomic mass is 10.1. The van der Waals surface area contributed by atoms with Gasteiger partial charge in [-0.3, -0.25) is 9.69 Å². The lowest BCUT2D eigenvalue weighted by Crippen LogP contribution is -2.30. The van der Waals surface area contributed by atoms with Crippen molar-refractivity contribution in [2.24, 2.45) is 0 Å². The molecule has 156 valence electrons. The third-order valence-electron chi connectivity index (χ3n) is 4.61. The maximum Gasteiger partial charge on any atom is 0.337 e. The highest BCUT2D eigenvalue weighted by molar-refractivity contribution is 6.33. The van der Waals surface area contributed by atoms with Gasteiger partial charge >= 0.3 is 12.0 Å². The third kappa shape index (κ3) is 4.33. The number of carboxylic acid groups (broad SMARTS) is 1. The number of furan rings is 1. The maximum atomic E-state index is 12.6. The summed E-state index contributed by atoms with van der Waals surface area (Å²) in [7, 11) is 0. The van der Waals surface area contributed by atoms with E-state index >= 15 is 0 Å². The van der Waals surface area contributed by atoms with Gasteiger partial charge in [0, 0.05) is 16.7 Å². The molecule has 1 saturated heterocycles. The minimum atomic E-state index is -1.12. The van der Waals surface area contributed by atoms with Crippen LogP contribution >= 0.6 is 23.2 Å². The van der Waals surface area contributed by atoms with E-state index in [1.54, 1.807) is 42.5 Å². The number of carboxylic acids is 1. The van der Waals surface area contributed by atoms with Crippen molar-refractivity contribution in [1.82, 2.24) is 10.2 Å². The molecular weight excluding hydrogens is 443 g/mol. The summed E-state index contributed by atoms with van der Waals surface area (Å²) in [4.78, 5) is 37.1. The van der Waals surface area contributed by atoms with Crippen molar-refractivity contribution in [3.05, 3.63) is 87.2 Å². The third-order valence-corrected chi connectivity index (χ3v) is 5.18. The topological polar surface area (TPSA) is 99.9 Å². The predicted octanol–water partition coefficient (Wildman–Crippen LogP) is 5.04. The fourth-order valence-electron chi connectivity index (χ4n) is 3.06. The van der Waals surface area contributed by atoms with E-state index in [4.69, 9.17) is 32.7 Å². The molecule has 0 atom stereocenters. The van der Waals surface area contributed by atoms with E-state index < -0.39 is 17.9 Å². The standard InChI is InChI=1S/C22H14Cl2N2O5/c23-14-4-1-12(2-5-14)11-26-20(27)18(25-22(26)30)10-15-6-8-19(31-15)13-3-7-16(21(28)29)17(24)9-13/h1-10H,11H2,(H,25,30)(H,28,29)/b18-10+. The van der Waals surface area contributed by atoms with Crippen LogP contribution in [0.25, 0.3) is 17.4 Å². The van der Waals surface area contributed by atoms with Gasteiger partial charge in [-0.2, -0.15) is 0 Å². The number of nitrogens with one attached hydrogen (secondary N) is 1. The molecule has 0 spiro atoms. The SMILES string of the molecule is O=C(O)c1ccc(-c2ccc(/C=C3/NC(=O)N(Cc4ccc(Cl)cc4)C3=O)o2)cc1Cl. The van der Waals surface area contributed by atoms with Crippen LogP contribution in [-0.2, 0) is 11.3 Å². The normalized spacial score (nSPS) is 14.9. The molecule has 2 N–H and O–H groups in total. The second kappa shape index (κ2) is 8.29. The highest BCUT2D eigenvalue weighted by atomic mass is 35.5. The smallest absolute Gasteiger partial charge is 0.337 e. The molecule has 1 fully saturated rings. The zero-order valence-corrected chi connectivity index (χ0v) is 17.3. The van der Waals surface area contributed by atoms with Gasteiger partial charge in [-0.15, -0.1) is 0 Å². The van der Waals surface area contributed by atoms with Crippen molar-refractivity contribution in [2.45, 2.75) is 6.54 Å². The van der Waals surface area contributed by atoms with Crippen molar-refractivity contribution in [3.8, 4) is 11.3 Å². The zero-order chi connectivity index (χ0) is 22.1. The molecule has 9 heteroatoms. The van der Waals surface area contributed by atoms with E-state index in [-0.39, 0.29) is 22.8 Å². The molecular formula is C22H14Cl2N2O5. The van der Waals surface area contributed by atoms with Gasteiger partial charge in [-0.25, -0.2) is 9.59 Å². The van der Waals surface area contributed by atoms with Gasteiger partial charge in [0.2, 0.25) is 0 Å².